The number of phenolic OH excluding ortho intramolecular Hbond substituents is 1. The van der Waals surface area contributed by atoms with Crippen LogP contribution in [0.25, 0.3) is 0 Å². The summed E-state index contributed by atoms with van der Waals surface area (Å²) in [6.45, 7) is 0. The number of sulfone groups is 1. The number of nitrogens with zero attached hydrogens (tertiary/aromatic N) is 1. The minimum absolute atomic E-state index is 0.125. The molecule has 1 aromatic carbocycles. The highest BCUT2D eigenvalue weighted by Gasteiger charge is 2.24. The predicted octanol–water partition coefficient (Wildman–Crippen LogP) is 1.36. The van der Waals surface area contributed by atoms with E-state index in [4.69, 9.17) is 11.6 Å². The zero-order valence-corrected chi connectivity index (χ0v) is 9.04. The van der Waals surface area contributed by atoms with Gasteiger partial charge in [0.05, 0.1) is 4.92 Å². The lowest BCUT2D eigenvalue weighted by molar-refractivity contribution is -0.386. The number of nitro groups is 1. The number of benzene rings is 1. The molecule has 0 amide bonds. The van der Waals surface area contributed by atoms with E-state index < -0.39 is 31.1 Å². The maximum absolute atomic E-state index is 11.1. The summed E-state index contributed by atoms with van der Waals surface area (Å²) in [5.74, 6) is -0.896. The van der Waals surface area contributed by atoms with Gasteiger partial charge in [-0.25, -0.2) is 8.42 Å². The monoisotopic (exact) mass is 251 g/mol. The Morgan fingerprint density at radius 1 is 1.47 bits per heavy atom. The van der Waals surface area contributed by atoms with Crippen LogP contribution >= 0.6 is 11.6 Å². The Morgan fingerprint density at radius 3 is 2.40 bits per heavy atom. The second-order valence-electron chi connectivity index (χ2n) is 2.80. The molecule has 1 N–H and O–H groups in total. The van der Waals surface area contributed by atoms with Gasteiger partial charge in [0, 0.05) is 17.3 Å². The van der Waals surface area contributed by atoms with E-state index in [2.05, 4.69) is 0 Å². The van der Waals surface area contributed by atoms with Crippen molar-refractivity contribution >= 4 is 27.1 Å². The van der Waals surface area contributed by atoms with E-state index in [0.29, 0.717) is 0 Å². The lowest BCUT2D eigenvalue weighted by atomic mass is 10.3. The summed E-state index contributed by atoms with van der Waals surface area (Å²) in [5.41, 5.74) is -0.733. The summed E-state index contributed by atoms with van der Waals surface area (Å²) in [5, 5.41) is 19.7. The van der Waals surface area contributed by atoms with Crippen molar-refractivity contribution < 1.29 is 18.4 Å². The van der Waals surface area contributed by atoms with Gasteiger partial charge in [-0.05, 0) is 6.07 Å². The molecule has 0 saturated heterocycles. The van der Waals surface area contributed by atoms with Crippen molar-refractivity contribution in [1.29, 1.82) is 0 Å². The number of hydrogen-bond donors (Lipinski definition) is 1. The number of phenols is 1. The Bertz CT molecular complexity index is 524. The molecule has 0 aromatic heterocycles. The Balaban J connectivity index is 3.63. The molecule has 8 heteroatoms. The van der Waals surface area contributed by atoms with Crippen molar-refractivity contribution in [3.8, 4) is 5.75 Å². The molecule has 0 fully saturated rings. The summed E-state index contributed by atoms with van der Waals surface area (Å²) in [6.07, 6.45) is 0.822. The van der Waals surface area contributed by atoms with Crippen LogP contribution in [0.1, 0.15) is 0 Å². The fourth-order valence-corrected chi connectivity index (χ4v) is 2.06. The quantitative estimate of drug-likeness (QED) is 0.632. The molecule has 0 bridgehead atoms. The van der Waals surface area contributed by atoms with Gasteiger partial charge in [0.1, 0.15) is 4.90 Å². The summed E-state index contributed by atoms with van der Waals surface area (Å²) in [7, 11) is -3.75. The molecule has 0 aliphatic rings. The van der Waals surface area contributed by atoms with Crippen molar-refractivity contribution in [1.82, 2.24) is 0 Å². The zero-order valence-electron chi connectivity index (χ0n) is 7.47. The first-order valence-electron chi connectivity index (χ1n) is 3.60. The molecule has 0 saturated carbocycles. The standard InChI is InChI=1S/C7H6ClNO5S/c1-15(13,14)6-3-4(8)2-5(7(6)10)9(11)12/h2-3,10H,1H3. The zero-order chi connectivity index (χ0) is 11.8. The fourth-order valence-electron chi connectivity index (χ4n) is 0.982. The van der Waals surface area contributed by atoms with Crippen LogP contribution in [0.4, 0.5) is 5.69 Å². The first-order valence-corrected chi connectivity index (χ1v) is 5.87. The highest BCUT2D eigenvalue weighted by atomic mass is 35.5. The van der Waals surface area contributed by atoms with Crippen molar-refractivity contribution in [2.24, 2.45) is 0 Å². The van der Waals surface area contributed by atoms with Crippen LogP contribution in [0.3, 0.4) is 0 Å². The van der Waals surface area contributed by atoms with Crippen LogP contribution in [-0.2, 0) is 9.84 Å². The number of rotatable bonds is 2. The minimum atomic E-state index is -3.75. The Kier molecular flexibility index (Phi) is 2.87. The summed E-state index contributed by atoms with van der Waals surface area (Å²) >= 11 is 5.49. The highest BCUT2D eigenvalue weighted by molar-refractivity contribution is 7.90. The molecule has 0 spiro atoms. The number of hydrogen-bond acceptors (Lipinski definition) is 5. The van der Waals surface area contributed by atoms with Gasteiger partial charge < -0.3 is 5.11 Å². The van der Waals surface area contributed by atoms with E-state index in [0.717, 1.165) is 18.4 Å². The second-order valence-corrected chi connectivity index (χ2v) is 5.22. The van der Waals surface area contributed by atoms with Crippen LogP contribution in [0.5, 0.6) is 5.75 Å². The molecule has 0 aliphatic heterocycles. The number of aromatic hydroxyl groups is 1. The molecular formula is C7H6ClNO5S. The second kappa shape index (κ2) is 3.67. The van der Waals surface area contributed by atoms with Crippen molar-refractivity contribution in [2.45, 2.75) is 4.90 Å². The maximum atomic E-state index is 11.1. The number of halogens is 1. The lowest BCUT2D eigenvalue weighted by Gasteiger charge is -2.03. The van der Waals surface area contributed by atoms with Gasteiger partial charge in [0.25, 0.3) is 0 Å². The first kappa shape index (κ1) is 11.7. The maximum Gasteiger partial charge on any atom is 0.313 e. The largest absolute Gasteiger partial charge is 0.501 e. The third-order valence-corrected chi connectivity index (χ3v) is 2.94. The van der Waals surface area contributed by atoms with Crippen LogP contribution in [-0.4, -0.2) is 24.7 Å². The van der Waals surface area contributed by atoms with E-state index in [1.807, 2.05) is 0 Å². The van der Waals surface area contributed by atoms with Crippen LogP contribution in [0.15, 0.2) is 17.0 Å². The Hall–Kier alpha value is -1.34. The molecule has 0 atom stereocenters. The van der Waals surface area contributed by atoms with Crippen LogP contribution in [0.2, 0.25) is 5.02 Å². The molecule has 1 rings (SSSR count). The molecule has 15 heavy (non-hydrogen) atoms. The molecule has 0 aliphatic carbocycles. The van der Waals surface area contributed by atoms with Gasteiger partial charge in [0.2, 0.25) is 5.75 Å². The Morgan fingerprint density at radius 2 is 2.00 bits per heavy atom. The van der Waals surface area contributed by atoms with Gasteiger partial charge in [-0.15, -0.1) is 0 Å². The van der Waals surface area contributed by atoms with Gasteiger partial charge in [-0.3, -0.25) is 10.1 Å². The first-order chi connectivity index (χ1) is 6.73. The van der Waals surface area contributed by atoms with E-state index in [9.17, 15) is 23.6 Å². The molecular weight excluding hydrogens is 246 g/mol. The van der Waals surface area contributed by atoms with Crippen molar-refractivity contribution in [2.75, 3.05) is 6.26 Å². The molecule has 0 heterocycles. The Labute approximate surface area is 90.2 Å². The summed E-state index contributed by atoms with van der Waals surface area (Å²) < 4.78 is 22.3. The average Bonchev–Trinajstić information content (AvgIpc) is 2.06. The smallest absolute Gasteiger partial charge is 0.313 e. The van der Waals surface area contributed by atoms with Gasteiger partial charge in [-0.1, -0.05) is 11.6 Å². The molecule has 6 nitrogen and oxygen atoms in total. The average molecular weight is 252 g/mol. The summed E-state index contributed by atoms with van der Waals surface area (Å²) in [4.78, 5) is 8.98. The topological polar surface area (TPSA) is 97.5 Å². The van der Waals surface area contributed by atoms with E-state index in [-0.39, 0.29) is 5.02 Å². The van der Waals surface area contributed by atoms with Gasteiger partial charge >= 0.3 is 5.69 Å². The predicted molar refractivity (Wildman–Crippen MR) is 52.9 cm³/mol. The van der Waals surface area contributed by atoms with Gasteiger partial charge in [0.15, 0.2) is 9.84 Å². The molecule has 0 unspecified atom stereocenters. The van der Waals surface area contributed by atoms with Gasteiger partial charge in [-0.2, -0.15) is 0 Å². The normalized spacial score (nSPS) is 11.3. The van der Waals surface area contributed by atoms with Crippen molar-refractivity contribution in [3.63, 3.8) is 0 Å². The van der Waals surface area contributed by atoms with Crippen LogP contribution in [0, 0.1) is 10.1 Å². The molecule has 0 radical (unpaired) electrons. The fraction of sp³-hybridized carbons (Fsp3) is 0.143. The number of nitro benzene ring substituents is 1. The summed E-state index contributed by atoms with van der Waals surface area (Å²) in [6, 6.07) is 1.84. The van der Waals surface area contributed by atoms with Crippen LogP contribution < -0.4 is 0 Å². The van der Waals surface area contributed by atoms with Crippen molar-refractivity contribution in [3.05, 3.63) is 27.3 Å². The third-order valence-electron chi connectivity index (χ3n) is 1.62. The van der Waals surface area contributed by atoms with E-state index >= 15 is 0 Å². The lowest BCUT2D eigenvalue weighted by Crippen LogP contribution is -2.00. The van der Waals surface area contributed by atoms with E-state index in [1.165, 1.54) is 0 Å². The molecule has 1 aromatic rings. The third kappa shape index (κ3) is 2.37. The SMILES string of the molecule is CS(=O)(=O)c1cc(Cl)cc([N+](=O)[O-])c1O. The minimum Gasteiger partial charge on any atom is -0.501 e. The van der Waals surface area contributed by atoms with E-state index in [1.54, 1.807) is 0 Å². The highest BCUT2D eigenvalue weighted by Crippen LogP contribution is 2.35. The molecule has 82 valence electrons.